The molecule has 0 radical (unpaired) electrons. The Hall–Kier alpha value is -1.71. The Bertz CT molecular complexity index is 153. The first-order valence-corrected chi connectivity index (χ1v) is 3.49. The zero-order valence-corrected chi connectivity index (χ0v) is 7.44. The number of aliphatic carboxylic acids is 1. The van der Waals surface area contributed by atoms with Crippen LogP contribution in [0.5, 0.6) is 0 Å². The van der Waals surface area contributed by atoms with Crippen molar-refractivity contribution >= 4 is 5.97 Å². The van der Waals surface area contributed by atoms with Gasteiger partial charge in [-0.05, 0) is 0 Å². The van der Waals surface area contributed by atoms with Crippen molar-refractivity contribution in [3.05, 3.63) is 38.3 Å². The fourth-order valence-corrected chi connectivity index (χ4v) is 0.263. The molecule has 0 bridgehead atoms. The predicted octanol–water partition coefficient (Wildman–Crippen LogP) is 1.56. The van der Waals surface area contributed by atoms with Gasteiger partial charge in [0.15, 0.2) is 0 Å². The SMILES string of the molecule is C=CC(=O)O.C=COCCOC=C. The van der Waals surface area contributed by atoms with Crippen molar-refractivity contribution in [1.82, 2.24) is 0 Å². The molecule has 0 aliphatic rings. The summed E-state index contributed by atoms with van der Waals surface area (Å²) in [6.07, 6.45) is 3.60. The highest BCUT2D eigenvalue weighted by molar-refractivity contribution is 5.78. The van der Waals surface area contributed by atoms with Crippen LogP contribution in [0.4, 0.5) is 0 Å². The minimum absolute atomic E-state index is 0.537. The van der Waals surface area contributed by atoms with E-state index in [9.17, 15) is 4.79 Å². The summed E-state index contributed by atoms with van der Waals surface area (Å²) in [7, 11) is 0. The lowest BCUT2D eigenvalue weighted by atomic mass is 10.7. The van der Waals surface area contributed by atoms with Crippen LogP contribution in [0, 0.1) is 0 Å². The van der Waals surface area contributed by atoms with Gasteiger partial charge in [-0.3, -0.25) is 0 Å². The maximum absolute atomic E-state index is 9.25. The number of hydrogen-bond acceptors (Lipinski definition) is 3. The number of carbonyl (C=O) groups is 1. The van der Waals surface area contributed by atoms with Gasteiger partial charge in [0.05, 0.1) is 12.5 Å². The van der Waals surface area contributed by atoms with Crippen molar-refractivity contribution in [3.63, 3.8) is 0 Å². The molecule has 1 N–H and O–H groups in total. The van der Waals surface area contributed by atoms with Gasteiger partial charge in [-0.2, -0.15) is 0 Å². The third-order valence-corrected chi connectivity index (χ3v) is 0.729. The monoisotopic (exact) mass is 186 g/mol. The molecule has 0 aliphatic carbocycles. The molecule has 4 heteroatoms. The summed E-state index contributed by atoms with van der Waals surface area (Å²) >= 11 is 0. The minimum atomic E-state index is -0.981. The van der Waals surface area contributed by atoms with Gasteiger partial charge in [-0.25, -0.2) is 4.79 Å². The Balaban J connectivity index is 0. The van der Waals surface area contributed by atoms with Gasteiger partial charge in [-0.15, -0.1) is 0 Å². The van der Waals surface area contributed by atoms with Crippen LogP contribution >= 0.6 is 0 Å². The zero-order valence-electron chi connectivity index (χ0n) is 7.44. The molecule has 74 valence electrons. The summed E-state index contributed by atoms with van der Waals surface area (Å²) in [6, 6.07) is 0. The van der Waals surface area contributed by atoms with Crippen molar-refractivity contribution in [2.75, 3.05) is 13.2 Å². The van der Waals surface area contributed by atoms with Gasteiger partial charge in [0.1, 0.15) is 13.2 Å². The highest BCUT2D eigenvalue weighted by Crippen LogP contribution is 1.76. The van der Waals surface area contributed by atoms with E-state index in [0.717, 1.165) is 6.08 Å². The number of hydrogen-bond donors (Lipinski definition) is 1. The van der Waals surface area contributed by atoms with Gasteiger partial charge < -0.3 is 14.6 Å². The van der Waals surface area contributed by atoms with E-state index in [1.807, 2.05) is 0 Å². The number of ether oxygens (including phenoxy) is 2. The van der Waals surface area contributed by atoms with Crippen molar-refractivity contribution in [2.24, 2.45) is 0 Å². The number of carboxylic acids is 1. The minimum Gasteiger partial charge on any atom is -0.498 e. The largest absolute Gasteiger partial charge is 0.498 e. The van der Waals surface area contributed by atoms with Crippen LogP contribution in [0.2, 0.25) is 0 Å². The molecular formula is C9H14O4. The summed E-state index contributed by atoms with van der Waals surface area (Å²) in [5.74, 6) is -0.981. The fourth-order valence-electron chi connectivity index (χ4n) is 0.263. The molecule has 0 aromatic carbocycles. The maximum atomic E-state index is 9.25. The van der Waals surface area contributed by atoms with Gasteiger partial charge in [-0.1, -0.05) is 19.7 Å². The molecule has 0 unspecified atom stereocenters. The molecule has 0 heterocycles. The molecular weight excluding hydrogens is 172 g/mol. The molecule has 4 nitrogen and oxygen atoms in total. The first kappa shape index (κ1) is 13.9. The van der Waals surface area contributed by atoms with Crippen LogP contribution in [-0.4, -0.2) is 24.3 Å². The van der Waals surface area contributed by atoms with Crippen LogP contribution in [0.25, 0.3) is 0 Å². The van der Waals surface area contributed by atoms with Crippen LogP contribution in [0.1, 0.15) is 0 Å². The lowest BCUT2D eigenvalue weighted by Gasteiger charge is -1.97. The molecule has 0 aromatic heterocycles. The van der Waals surface area contributed by atoms with E-state index in [4.69, 9.17) is 14.6 Å². The van der Waals surface area contributed by atoms with Crippen LogP contribution < -0.4 is 0 Å². The first-order chi connectivity index (χ1) is 6.18. The number of rotatable bonds is 6. The second-order valence-corrected chi connectivity index (χ2v) is 1.62. The molecule has 0 fully saturated rings. The molecule has 0 aliphatic heterocycles. The van der Waals surface area contributed by atoms with Crippen LogP contribution in [-0.2, 0) is 14.3 Å². The Morgan fingerprint density at radius 3 is 1.62 bits per heavy atom. The van der Waals surface area contributed by atoms with Gasteiger partial charge in [0, 0.05) is 6.08 Å². The van der Waals surface area contributed by atoms with E-state index < -0.39 is 5.97 Å². The molecule has 13 heavy (non-hydrogen) atoms. The molecule has 0 aromatic rings. The summed E-state index contributed by atoms with van der Waals surface area (Å²) in [6.45, 7) is 10.7. The average Bonchev–Trinajstić information content (AvgIpc) is 2.14. The Morgan fingerprint density at radius 2 is 1.46 bits per heavy atom. The summed E-state index contributed by atoms with van der Waals surface area (Å²) < 4.78 is 9.45. The fraction of sp³-hybridized carbons (Fsp3) is 0.222. The summed E-state index contributed by atoms with van der Waals surface area (Å²) in [5.41, 5.74) is 0. The van der Waals surface area contributed by atoms with Crippen LogP contribution in [0.15, 0.2) is 38.3 Å². The van der Waals surface area contributed by atoms with Crippen LogP contribution in [0.3, 0.4) is 0 Å². The van der Waals surface area contributed by atoms with E-state index in [1.165, 1.54) is 12.5 Å². The first-order valence-electron chi connectivity index (χ1n) is 3.49. The van der Waals surface area contributed by atoms with E-state index in [-0.39, 0.29) is 0 Å². The quantitative estimate of drug-likeness (QED) is 0.388. The highest BCUT2D eigenvalue weighted by Gasteiger charge is 1.77. The van der Waals surface area contributed by atoms with E-state index >= 15 is 0 Å². The van der Waals surface area contributed by atoms with E-state index in [1.54, 1.807) is 0 Å². The Labute approximate surface area is 77.8 Å². The summed E-state index contributed by atoms with van der Waals surface area (Å²) in [5, 5.41) is 7.60. The zero-order chi connectivity index (χ0) is 10.5. The molecule has 0 saturated heterocycles. The lowest BCUT2D eigenvalue weighted by Crippen LogP contribution is -1.95. The molecule has 0 spiro atoms. The van der Waals surface area contributed by atoms with Crippen molar-refractivity contribution in [3.8, 4) is 0 Å². The molecule has 0 atom stereocenters. The molecule has 0 amide bonds. The highest BCUT2D eigenvalue weighted by atomic mass is 16.5. The molecule has 0 rings (SSSR count). The van der Waals surface area contributed by atoms with Gasteiger partial charge in [0.2, 0.25) is 0 Å². The second kappa shape index (κ2) is 12.9. The predicted molar refractivity (Wildman–Crippen MR) is 50.1 cm³/mol. The number of carboxylic acid groups (broad SMARTS) is 1. The van der Waals surface area contributed by atoms with Gasteiger partial charge in [0.25, 0.3) is 0 Å². The van der Waals surface area contributed by atoms with E-state index in [2.05, 4.69) is 19.7 Å². The summed E-state index contributed by atoms with van der Waals surface area (Å²) in [4.78, 5) is 9.25. The standard InChI is InChI=1S/C6H10O2.C3H4O2/c1-3-7-5-6-8-4-2;1-2-3(4)5/h3-4H,1-2,5-6H2;2H,1H2,(H,4,5). The average molecular weight is 186 g/mol. The Kier molecular flexibility index (Phi) is 13.8. The second-order valence-electron chi connectivity index (χ2n) is 1.62. The van der Waals surface area contributed by atoms with Crippen molar-refractivity contribution in [2.45, 2.75) is 0 Å². The smallest absolute Gasteiger partial charge is 0.327 e. The normalized spacial score (nSPS) is 7.08. The van der Waals surface area contributed by atoms with Gasteiger partial charge >= 0.3 is 5.97 Å². The topological polar surface area (TPSA) is 55.8 Å². The Morgan fingerprint density at radius 1 is 1.15 bits per heavy atom. The maximum Gasteiger partial charge on any atom is 0.327 e. The van der Waals surface area contributed by atoms with E-state index in [0.29, 0.717) is 13.2 Å². The third-order valence-electron chi connectivity index (χ3n) is 0.729. The molecule has 0 saturated carbocycles. The van der Waals surface area contributed by atoms with Crippen molar-refractivity contribution in [1.29, 1.82) is 0 Å². The van der Waals surface area contributed by atoms with Crippen molar-refractivity contribution < 1.29 is 19.4 Å². The lowest BCUT2D eigenvalue weighted by molar-refractivity contribution is -0.131. The third kappa shape index (κ3) is 25.3.